The lowest BCUT2D eigenvalue weighted by Gasteiger charge is -2.40. The van der Waals surface area contributed by atoms with E-state index in [1.165, 1.54) is 44.9 Å². The molecule has 2 fully saturated rings. The van der Waals surface area contributed by atoms with Crippen LogP contribution in [0.2, 0.25) is 0 Å². The van der Waals surface area contributed by atoms with Crippen LogP contribution in [0.1, 0.15) is 58.3 Å². The van der Waals surface area contributed by atoms with Gasteiger partial charge in [-0.2, -0.15) is 0 Å². The molecule has 0 bridgehead atoms. The molecule has 1 aliphatic heterocycles. The Hall–Kier alpha value is 0.270. The van der Waals surface area contributed by atoms with E-state index in [2.05, 4.69) is 18.5 Å². The monoisotopic (exact) mass is 257 g/mol. The Balaban J connectivity index is 2.08. The molecule has 2 nitrogen and oxygen atoms in total. The van der Waals surface area contributed by atoms with E-state index in [4.69, 9.17) is 4.74 Å². The molecule has 1 saturated carbocycles. The molecule has 1 saturated heterocycles. The van der Waals surface area contributed by atoms with E-state index >= 15 is 0 Å². The molecular weight excluding hydrogens is 230 g/mol. The van der Waals surface area contributed by atoms with E-state index in [-0.39, 0.29) is 4.87 Å². The van der Waals surface area contributed by atoms with Gasteiger partial charge in [-0.15, -0.1) is 11.8 Å². The summed E-state index contributed by atoms with van der Waals surface area (Å²) < 4.78 is 5.90. The lowest BCUT2D eigenvalue weighted by atomic mass is 9.82. The topological polar surface area (TPSA) is 21.3 Å². The zero-order chi connectivity index (χ0) is 12.1. The summed E-state index contributed by atoms with van der Waals surface area (Å²) in [5.41, 5.74) is 0. The number of ether oxygens (including phenoxy) is 1. The fourth-order valence-corrected chi connectivity index (χ4v) is 4.85. The fraction of sp³-hybridized carbons (Fsp3) is 1.00. The summed E-state index contributed by atoms with van der Waals surface area (Å²) in [7, 11) is 0. The van der Waals surface area contributed by atoms with Gasteiger partial charge in [0.1, 0.15) is 0 Å². The van der Waals surface area contributed by atoms with Gasteiger partial charge in [0.25, 0.3) is 0 Å². The first-order chi connectivity index (χ1) is 8.33. The molecule has 1 heterocycles. The van der Waals surface area contributed by atoms with Crippen molar-refractivity contribution in [2.24, 2.45) is 5.92 Å². The standard InChI is InChI=1S/C14H27NOS/c1-3-13-14(17-2,15-11-16-13)12-9-7-5-4-6-8-10-12/h12-13,15H,3-11H2,1-2H3. The summed E-state index contributed by atoms with van der Waals surface area (Å²) >= 11 is 2.00. The third kappa shape index (κ3) is 2.82. The van der Waals surface area contributed by atoms with Gasteiger partial charge in [-0.1, -0.05) is 39.0 Å². The molecule has 0 amide bonds. The zero-order valence-electron chi connectivity index (χ0n) is 11.3. The van der Waals surface area contributed by atoms with Gasteiger partial charge < -0.3 is 4.74 Å². The molecule has 2 atom stereocenters. The van der Waals surface area contributed by atoms with Crippen molar-refractivity contribution in [2.45, 2.75) is 69.3 Å². The Morgan fingerprint density at radius 1 is 1.18 bits per heavy atom. The third-order valence-electron chi connectivity index (χ3n) is 4.53. The fourth-order valence-electron chi connectivity index (χ4n) is 3.58. The Labute approximate surface area is 110 Å². The van der Waals surface area contributed by atoms with Crippen LogP contribution < -0.4 is 5.32 Å². The first-order valence-corrected chi connectivity index (χ1v) is 8.47. The normalized spacial score (nSPS) is 36.7. The van der Waals surface area contributed by atoms with Crippen LogP contribution in [0, 0.1) is 5.92 Å². The molecule has 2 unspecified atom stereocenters. The Morgan fingerprint density at radius 2 is 1.82 bits per heavy atom. The number of thioether (sulfide) groups is 1. The first-order valence-electron chi connectivity index (χ1n) is 7.25. The highest BCUT2D eigenvalue weighted by molar-refractivity contribution is 8.00. The van der Waals surface area contributed by atoms with Crippen molar-refractivity contribution in [1.82, 2.24) is 5.32 Å². The van der Waals surface area contributed by atoms with E-state index in [1.807, 2.05) is 11.8 Å². The second-order valence-corrected chi connectivity index (χ2v) is 6.51. The van der Waals surface area contributed by atoms with Gasteiger partial charge in [0, 0.05) is 0 Å². The van der Waals surface area contributed by atoms with E-state index in [9.17, 15) is 0 Å². The molecule has 3 heteroatoms. The first kappa shape index (κ1) is 13.7. The van der Waals surface area contributed by atoms with Crippen LogP contribution in [0.25, 0.3) is 0 Å². The number of rotatable bonds is 3. The van der Waals surface area contributed by atoms with Gasteiger partial charge in [0.15, 0.2) is 0 Å². The van der Waals surface area contributed by atoms with E-state index in [0.717, 1.165) is 19.1 Å². The zero-order valence-corrected chi connectivity index (χ0v) is 12.2. The summed E-state index contributed by atoms with van der Waals surface area (Å²) in [5.74, 6) is 0.797. The highest BCUT2D eigenvalue weighted by atomic mass is 32.2. The van der Waals surface area contributed by atoms with Crippen LogP contribution in [0.5, 0.6) is 0 Å². The highest BCUT2D eigenvalue weighted by Gasteiger charge is 2.47. The summed E-state index contributed by atoms with van der Waals surface area (Å²) in [5, 5.41) is 3.68. The summed E-state index contributed by atoms with van der Waals surface area (Å²) in [4.78, 5) is 0.200. The number of hydrogen-bond donors (Lipinski definition) is 1. The molecule has 100 valence electrons. The van der Waals surface area contributed by atoms with Crippen molar-refractivity contribution in [3.05, 3.63) is 0 Å². The molecule has 17 heavy (non-hydrogen) atoms. The van der Waals surface area contributed by atoms with Crippen molar-refractivity contribution in [3.63, 3.8) is 0 Å². The molecule has 1 N–H and O–H groups in total. The second-order valence-electron chi connectivity index (χ2n) is 5.42. The van der Waals surface area contributed by atoms with Gasteiger partial charge in [-0.25, -0.2) is 0 Å². The third-order valence-corrected chi connectivity index (χ3v) is 5.95. The van der Waals surface area contributed by atoms with Crippen molar-refractivity contribution >= 4 is 11.8 Å². The predicted octanol–water partition coefficient (Wildman–Crippen LogP) is 3.76. The van der Waals surface area contributed by atoms with Crippen LogP contribution in [-0.2, 0) is 4.74 Å². The molecule has 0 aromatic carbocycles. The molecule has 2 aliphatic rings. The minimum absolute atomic E-state index is 0.200. The van der Waals surface area contributed by atoms with Crippen LogP contribution >= 0.6 is 11.8 Å². The smallest absolute Gasteiger partial charge is 0.0981 e. The van der Waals surface area contributed by atoms with Gasteiger partial charge in [-0.05, 0) is 31.4 Å². The predicted molar refractivity (Wildman–Crippen MR) is 75.2 cm³/mol. The molecule has 0 radical (unpaired) electrons. The Morgan fingerprint density at radius 3 is 2.41 bits per heavy atom. The van der Waals surface area contributed by atoms with Crippen molar-refractivity contribution < 1.29 is 4.74 Å². The summed E-state index contributed by atoms with van der Waals surface area (Å²) in [6, 6.07) is 0. The van der Waals surface area contributed by atoms with Crippen molar-refractivity contribution in [1.29, 1.82) is 0 Å². The summed E-state index contributed by atoms with van der Waals surface area (Å²) in [6.07, 6.45) is 13.7. The average molecular weight is 257 g/mol. The molecule has 0 aromatic heterocycles. The van der Waals surface area contributed by atoms with Crippen molar-refractivity contribution in [3.8, 4) is 0 Å². The molecular formula is C14H27NOS. The van der Waals surface area contributed by atoms with Gasteiger partial charge in [0.05, 0.1) is 17.7 Å². The molecule has 0 aromatic rings. The van der Waals surface area contributed by atoms with Crippen LogP contribution in [0.4, 0.5) is 0 Å². The maximum Gasteiger partial charge on any atom is 0.0981 e. The second kappa shape index (κ2) is 6.44. The molecule has 2 rings (SSSR count). The highest BCUT2D eigenvalue weighted by Crippen LogP contribution is 2.43. The van der Waals surface area contributed by atoms with Gasteiger partial charge >= 0.3 is 0 Å². The summed E-state index contributed by atoms with van der Waals surface area (Å²) in [6.45, 7) is 3.00. The number of hydrogen-bond acceptors (Lipinski definition) is 3. The maximum atomic E-state index is 5.90. The van der Waals surface area contributed by atoms with E-state index < -0.39 is 0 Å². The minimum atomic E-state index is 0.200. The van der Waals surface area contributed by atoms with E-state index in [0.29, 0.717) is 6.10 Å². The SMILES string of the molecule is CCC1OCNC1(SC)C1CCCCCCC1. The lowest BCUT2D eigenvalue weighted by Crippen LogP contribution is -2.51. The van der Waals surface area contributed by atoms with Crippen LogP contribution in [-0.4, -0.2) is 24.0 Å². The Bertz CT molecular complexity index is 228. The minimum Gasteiger partial charge on any atom is -0.360 e. The average Bonchev–Trinajstić information content (AvgIpc) is 2.72. The van der Waals surface area contributed by atoms with Gasteiger partial charge in [-0.3, -0.25) is 5.32 Å². The molecule has 0 spiro atoms. The van der Waals surface area contributed by atoms with Crippen LogP contribution in [0.15, 0.2) is 0 Å². The quantitative estimate of drug-likeness (QED) is 0.832. The lowest BCUT2D eigenvalue weighted by molar-refractivity contribution is 0.0789. The van der Waals surface area contributed by atoms with E-state index in [1.54, 1.807) is 0 Å². The maximum absolute atomic E-state index is 5.90. The van der Waals surface area contributed by atoms with Gasteiger partial charge in [0.2, 0.25) is 0 Å². The van der Waals surface area contributed by atoms with Crippen molar-refractivity contribution in [2.75, 3.05) is 13.0 Å². The molecule has 1 aliphatic carbocycles. The largest absolute Gasteiger partial charge is 0.360 e. The Kier molecular flexibility index (Phi) is 5.19. The van der Waals surface area contributed by atoms with Crippen LogP contribution in [0.3, 0.4) is 0 Å². The number of nitrogens with one attached hydrogen (secondary N) is 1.